The van der Waals surface area contributed by atoms with Crippen molar-refractivity contribution in [2.45, 2.75) is 6.92 Å². The summed E-state index contributed by atoms with van der Waals surface area (Å²) in [6.45, 7) is 1.70. The second kappa shape index (κ2) is 4.49. The zero-order chi connectivity index (χ0) is 14.3. The van der Waals surface area contributed by atoms with Crippen LogP contribution < -0.4 is 0 Å². The lowest BCUT2D eigenvalue weighted by Crippen LogP contribution is -1.94. The predicted octanol–water partition coefficient (Wildman–Crippen LogP) is 3.98. The number of aromatic amines is 1. The maximum Gasteiger partial charge on any atom is 0.337 e. The summed E-state index contributed by atoms with van der Waals surface area (Å²) in [4.78, 5) is 14.1. The Kier molecular flexibility index (Phi) is 2.79. The Labute approximate surface area is 114 Å². The number of carbonyl (C=O) groups is 1. The molecule has 3 nitrogen and oxygen atoms in total. The average Bonchev–Trinajstić information content (AvgIpc) is 2.85. The first kappa shape index (κ1) is 12.4. The Bertz CT molecular complexity index is 820. The van der Waals surface area contributed by atoms with Gasteiger partial charge in [-0.2, -0.15) is 0 Å². The maximum absolute atomic E-state index is 14.1. The Morgan fingerprint density at radius 1 is 1.25 bits per heavy atom. The molecule has 1 aromatic heterocycles. The maximum atomic E-state index is 14.1. The van der Waals surface area contributed by atoms with E-state index in [-0.39, 0.29) is 11.4 Å². The number of fused-ring (bicyclic) bond motifs is 1. The van der Waals surface area contributed by atoms with Crippen molar-refractivity contribution in [3.8, 4) is 11.1 Å². The number of nitrogens with one attached hydrogen (secondary N) is 1. The third-order valence-electron chi connectivity index (χ3n) is 3.41. The second-order valence-electron chi connectivity index (χ2n) is 4.70. The fourth-order valence-corrected chi connectivity index (χ4v) is 2.34. The van der Waals surface area contributed by atoms with Gasteiger partial charge in [0.1, 0.15) is 5.82 Å². The van der Waals surface area contributed by atoms with Crippen LogP contribution in [0.2, 0.25) is 0 Å². The van der Waals surface area contributed by atoms with E-state index in [9.17, 15) is 9.18 Å². The molecule has 0 radical (unpaired) electrons. The first-order valence-corrected chi connectivity index (χ1v) is 6.18. The molecule has 3 rings (SSSR count). The van der Waals surface area contributed by atoms with E-state index in [4.69, 9.17) is 5.11 Å². The Hall–Kier alpha value is -2.62. The summed E-state index contributed by atoms with van der Waals surface area (Å²) in [5.74, 6) is -1.28. The Balaban J connectivity index is 2.24. The molecule has 100 valence electrons. The fraction of sp³-hybridized carbons (Fsp3) is 0.0625. The molecule has 0 saturated heterocycles. The van der Waals surface area contributed by atoms with Crippen LogP contribution in [-0.4, -0.2) is 16.1 Å². The number of H-pyrrole nitrogens is 1. The van der Waals surface area contributed by atoms with Gasteiger partial charge in [0.2, 0.25) is 0 Å². The minimum Gasteiger partial charge on any atom is -0.478 e. The van der Waals surface area contributed by atoms with Crippen molar-refractivity contribution in [3.63, 3.8) is 0 Å². The van der Waals surface area contributed by atoms with Crippen molar-refractivity contribution in [2.75, 3.05) is 0 Å². The predicted molar refractivity (Wildman–Crippen MR) is 75.4 cm³/mol. The summed E-state index contributed by atoms with van der Waals surface area (Å²) >= 11 is 0. The minimum atomic E-state index is -1.00. The third kappa shape index (κ3) is 1.86. The van der Waals surface area contributed by atoms with Gasteiger partial charge in [0.25, 0.3) is 0 Å². The van der Waals surface area contributed by atoms with Gasteiger partial charge in [0, 0.05) is 22.7 Å². The molecule has 0 aliphatic carbocycles. The van der Waals surface area contributed by atoms with Crippen LogP contribution in [0.1, 0.15) is 15.9 Å². The van der Waals surface area contributed by atoms with Crippen LogP contribution in [0, 0.1) is 12.7 Å². The largest absolute Gasteiger partial charge is 0.478 e. The highest BCUT2D eigenvalue weighted by molar-refractivity contribution is 6.04. The molecule has 20 heavy (non-hydrogen) atoms. The Morgan fingerprint density at radius 2 is 2.05 bits per heavy atom. The molecular weight excluding hydrogens is 257 g/mol. The smallest absolute Gasteiger partial charge is 0.337 e. The van der Waals surface area contributed by atoms with Crippen molar-refractivity contribution in [2.24, 2.45) is 0 Å². The van der Waals surface area contributed by atoms with Gasteiger partial charge in [-0.15, -0.1) is 0 Å². The van der Waals surface area contributed by atoms with Crippen LogP contribution in [0.4, 0.5) is 4.39 Å². The quantitative estimate of drug-likeness (QED) is 0.739. The average molecular weight is 269 g/mol. The number of aromatic nitrogens is 1. The molecule has 0 aliphatic rings. The zero-order valence-electron chi connectivity index (χ0n) is 10.8. The molecule has 0 amide bonds. The number of hydrogen-bond acceptors (Lipinski definition) is 1. The number of carboxylic acid groups (broad SMARTS) is 1. The van der Waals surface area contributed by atoms with Crippen LogP contribution in [0.15, 0.2) is 42.6 Å². The molecule has 0 bridgehead atoms. The molecular formula is C16H12FNO2. The van der Waals surface area contributed by atoms with E-state index in [0.717, 1.165) is 5.52 Å². The van der Waals surface area contributed by atoms with Gasteiger partial charge in [-0.1, -0.05) is 24.3 Å². The molecule has 3 aromatic rings. The molecule has 0 atom stereocenters. The van der Waals surface area contributed by atoms with Crippen molar-refractivity contribution in [3.05, 3.63) is 59.5 Å². The van der Waals surface area contributed by atoms with E-state index in [2.05, 4.69) is 4.98 Å². The molecule has 2 N–H and O–H groups in total. The zero-order valence-corrected chi connectivity index (χ0v) is 10.8. The molecule has 1 heterocycles. The number of aryl methyl sites for hydroxylation is 1. The van der Waals surface area contributed by atoms with E-state index >= 15 is 0 Å². The minimum absolute atomic E-state index is 0.190. The number of benzene rings is 2. The van der Waals surface area contributed by atoms with Crippen molar-refractivity contribution in [1.29, 1.82) is 0 Å². The van der Waals surface area contributed by atoms with Crippen LogP contribution >= 0.6 is 0 Å². The van der Waals surface area contributed by atoms with Gasteiger partial charge >= 0.3 is 5.97 Å². The van der Waals surface area contributed by atoms with Crippen LogP contribution in [0.3, 0.4) is 0 Å². The molecule has 4 heteroatoms. The summed E-state index contributed by atoms with van der Waals surface area (Å²) in [6.07, 6.45) is 1.45. The number of halogens is 1. The summed E-state index contributed by atoms with van der Waals surface area (Å²) < 4.78 is 14.1. The van der Waals surface area contributed by atoms with Crippen LogP contribution in [0.5, 0.6) is 0 Å². The highest BCUT2D eigenvalue weighted by atomic mass is 19.1. The highest BCUT2D eigenvalue weighted by Crippen LogP contribution is 2.29. The van der Waals surface area contributed by atoms with Gasteiger partial charge < -0.3 is 10.1 Å². The van der Waals surface area contributed by atoms with Crippen molar-refractivity contribution >= 4 is 16.9 Å². The first-order chi connectivity index (χ1) is 9.58. The third-order valence-corrected chi connectivity index (χ3v) is 3.41. The fourth-order valence-electron chi connectivity index (χ4n) is 2.34. The topological polar surface area (TPSA) is 53.1 Å². The van der Waals surface area contributed by atoms with Gasteiger partial charge in [0.15, 0.2) is 0 Å². The SMILES string of the molecule is Cc1cccc(-c2ccc3[nH]cc(C(=O)O)c3c2)c1F. The Morgan fingerprint density at radius 3 is 2.80 bits per heavy atom. The van der Waals surface area contributed by atoms with Gasteiger partial charge in [-0.3, -0.25) is 0 Å². The normalized spacial score (nSPS) is 10.9. The van der Waals surface area contributed by atoms with Gasteiger partial charge in [-0.05, 0) is 30.2 Å². The molecule has 2 aromatic carbocycles. The first-order valence-electron chi connectivity index (χ1n) is 6.18. The van der Waals surface area contributed by atoms with Gasteiger partial charge in [-0.25, -0.2) is 9.18 Å². The second-order valence-corrected chi connectivity index (χ2v) is 4.70. The van der Waals surface area contributed by atoms with Crippen LogP contribution in [-0.2, 0) is 0 Å². The van der Waals surface area contributed by atoms with E-state index in [0.29, 0.717) is 22.1 Å². The van der Waals surface area contributed by atoms with E-state index < -0.39 is 5.97 Å². The van der Waals surface area contributed by atoms with E-state index in [1.54, 1.807) is 43.3 Å². The summed E-state index contributed by atoms with van der Waals surface area (Å²) in [5, 5.41) is 9.72. The lowest BCUT2D eigenvalue weighted by molar-refractivity contribution is 0.0699. The lowest BCUT2D eigenvalue weighted by atomic mass is 10.0. The number of rotatable bonds is 2. The highest BCUT2D eigenvalue weighted by Gasteiger charge is 2.13. The van der Waals surface area contributed by atoms with E-state index in [1.807, 2.05) is 0 Å². The summed E-state index contributed by atoms with van der Waals surface area (Å²) in [7, 11) is 0. The molecule has 0 spiro atoms. The molecule has 0 saturated carbocycles. The molecule has 0 aliphatic heterocycles. The molecule has 0 unspecified atom stereocenters. The van der Waals surface area contributed by atoms with E-state index in [1.165, 1.54) is 6.20 Å². The summed E-state index contributed by atoms with van der Waals surface area (Å²) in [5.41, 5.74) is 2.62. The standard InChI is InChI=1S/C16H12FNO2/c1-9-3-2-4-11(15(9)17)10-5-6-14-12(7-10)13(8-18-14)16(19)20/h2-8,18H,1H3,(H,19,20). The monoisotopic (exact) mass is 269 g/mol. The summed E-state index contributed by atoms with van der Waals surface area (Å²) in [6, 6.07) is 10.4. The van der Waals surface area contributed by atoms with Crippen molar-refractivity contribution in [1.82, 2.24) is 4.98 Å². The number of aromatic carboxylic acids is 1. The molecule has 0 fully saturated rings. The van der Waals surface area contributed by atoms with Gasteiger partial charge in [0.05, 0.1) is 5.56 Å². The number of hydrogen-bond donors (Lipinski definition) is 2. The van der Waals surface area contributed by atoms with Crippen molar-refractivity contribution < 1.29 is 14.3 Å². The number of carboxylic acids is 1. The van der Waals surface area contributed by atoms with Crippen LogP contribution in [0.25, 0.3) is 22.0 Å². The lowest BCUT2D eigenvalue weighted by Gasteiger charge is -2.06.